The smallest absolute Gasteiger partial charge is 0.306 e. The third-order valence-electron chi connectivity index (χ3n) is 4.51. The van der Waals surface area contributed by atoms with Crippen molar-refractivity contribution < 1.29 is 19.4 Å². The zero-order valence-corrected chi connectivity index (χ0v) is 12.2. The van der Waals surface area contributed by atoms with Crippen molar-refractivity contribution in [2.24, 2.45) is 11.8 Å². The van der Waals surface area contributed by atoms with Gasteiger partial charge in [0.2, 0.25) is 5.91 Å². The van der Waals surface area contributed by atoms with E-state index in [4.69, 9.17) is 9.84 Å². The topological polar surface area (TPSA) is 66.8 Å². The largest absolute Gasteiger partial charge is 0.481 e. The van der Waals surface area contributed by atoms with Gasteiger partial charge >= 0.3 is 5.97 Å². The Hall–Kier alpha value is -1.10. The van der Waals surface area contributed by atoms with E-state index in [0.717, 1.165) is 32.3 Å². The molecule has 2 fully saturated rings. The second-order valence-electron chi connectivity index (χ2n) is 5.91. The van der Waals surface area contributed by atoms with Gasteiger partial charge in [0.25, 0.3) is 0 Å². The summed E-state index contributed by atoms with van der Waals surface area (Å²) in [6, 6.07) is 0. The monoisotopic (exact) mass is 283 g/mol. The van der Waals surface area contributed by atoms with Gasteiger partial charge in [-0.15, -0.1) is 0 Å². The molecule has 1 saturated heterocycles. The minimum atomic E-state index is -0.760. The van der Waals surface area contributed by atoms with E-state index < -0.39 is 5.97 Å². The predicted octanol–water partition coefficient (Wildman–Crippen LogP) is 1.90. The molecule has 0 aromatic carbocycles. The molecule has 1 saturated carbocycles. The number of aliphatic carboxylic acids is 1. The lowest BCUT2D eigenvalue weighted by atomic mass is 9.80. The summed E-state index contributed by atoms with van der Waals surface area (Å²) in [5.41, 5.74) is 0. The van der Waals surface area contributed by atoms with Crippen LogP contribution in [-0.2, 0) is 14.3 Å². The number of carboxylic acids is 1. The number of rotatable bonds is 5. The fraction of sp³-hybridized carbons (Fsp3) is 0.867. The molecule has 5 heteroatoms. The average molecular weight is 283 g/mol. The summed E-state index contributed by atoms with van der Waals surface area (Å²) in [5, 5.41) is 9.12. The van der Waals surface area contributed by atoms with Crippen LogP contribution >= 0.6 is 0 Å². The van der Waals surface area contributed by atoms with Crippen LogP contribution in [0.2, 0.25) is 0 Å². The highest BCUT2D eigenvalue weighted by molar-refractivity contribution is 5.80. The number of carbonyl (C=O) groups is 2. The van der Waals surface area contributed by atoms with Crippen LogP contribution in [0.1, 0.15) is 45.4 Å². The molecular formula is C15H25NO4. The Labute approximate surface area is 120 Å². The van der Waals surface area contributed by atoms with E-state index in [2.05, 4.69) is 0 Å². The van der Waals surface area contributed by atoms with Crippen molar-refractivity contribution in [2.75, 3.05) is 19.7 Å². The Morgan fingerprint density at radius 1 is 1.20 bits per heavy atom. The first-order chi connectivity index (χ1) is 9.61. The van der Waals surface area contributed by atoms with Crippen molar-refractivity contribution in [1.29, 1.82) is 0 Å². The molecule has 20 heavy (non-hydrogen) atoms. The SMILES string of the molecule is CCN(C[C@@H]1CCCO1)C(=O)[C@@H]1CCC[C@H](C(=O)O)C1. The van der Waals surface area contributed by atoms with E-state index in [-0.39, 0.29) is 23.8 Å². The van der Waals surface area contributed by atoms with Gasteiger partial charge in [0.1, 0.15) is 0 Å². The van der Waals surface area contributed by atoms with Crippen LogP contribution in [-0.4, -0.2) is 47.7 Å². The molecule has 0 spiro atoms. The van der Waals surface area contributed by atoms with Gasteiger partial charge in [0.05, 0.1) is 12.0 Å². The lowest BCUT2D eigenvalue weighted by molar-refractivity contribution is -0.145. The molecule has 0 unspecified atom stereocenters. The Balaban J connectivity index is 1.91. The lowest BCUT2D eigenvalue weighted by Gasteiger charge is -2.32. The summed E-state index contributed by atoms with van der Waals surface area (Å²) in [6.07, 6.45) is 5.12. The molecule has 1 amide bonds. The van der Waals surface area contributed by atoms with Gasteiger partial charge in [-0.2, -0.15) is 0 Å². The summed E-state index contributed by atoms with van der Waals surface area (Å²) < 4.78 is 5.59. The van der Waals surface area contributed by atoms with Crippen LogP contribution in [0.3, 0.4) is 0 Å². The van der Waals surface area contributed by atoms with E-state index in [1.165, 1.54) is 0 Å². The van der Waals surface area contributed by atoms with E-state index in [1.807, 2.05) is 11.8 Å². The molecule has 1 aliphatic carbocycles. The van der Waals surface area contributed by atoms with Gasteiger partial charge in [-0.3, -0.25) is 9.59 Å². The number of ether oxygens (including phenoxy) is 1. The first-order valence-electron chi connectivity index (χ1n) is 7.75. The van der Waals surface area contributed by atoms with Crippen molar-refractivity contribution in [3.8, 4) is 0 Å². The van der Waals surface area contributed by atoms with Gasteiger partial charge in [0.15, 0.2) is 0 Å². The molecule has 1 heterocycles. The van der Waals surface area contributed by atoms with Crippen LogP contribution in [0.4, 0.5) is 0 Å². The molecule has 0 aromatic heterocycles. The van der Waals surface area contributed by atoms with Crippen LogP contribution in [0, 0.1) is 11.8 Å². The average Bonchev–Trinajstić information content (AvgIpc) is 2.97. The van der Waals surface area contributed by atoms with Crippen LogP contribution < -0.4 is 0 Å². The van der Waals surface area contributed by atoms with Gasteiger partial charge in [0, 0.05) is 25.6 Å². The van der Waals surface area contributed by atoms with E-state index >= 15 is 0 Å². The van der Waals surface area contributed by atoms with Crippen molar-refractivity contribution in [2.45, 2.75) is 51.6 Å². The molecule has 0 aromatic rings. The third kappa shape index (κ3) is 3.72. The van der Waals surface area contributed by atoms with Crippen molar-refractivity contribution in [3.05, 3.63) is 0 Å². The highest BCUT2D eigenvalue weighted by Gasteiger charge is 2.33. The second kappa shape index (κ2) is 7.07. The summed E-state index contributed by atoms with van der Waals surface area (Å²) in [4.78, 5) is 25.5. The van der Waals surface area contributed by atoms with E-state index in [0.29, 0.717) is 25.9 Å². The van der Waals surface area contributed by atoms with Crippen LogP contribution in [0.5, 0.6) is 0 Å². The lowest BCUT2D eigenvalue weighted by Crippen LogP contribution is -2.42. The maximum Gasteiger partial charge on any atom is 0.306 e. The van der Waals surface area contributed by atoms with Gasteiger partial charge in [-0.05, 0) is 39.0 Å². The minimum Gasteiger partial charge on any atom is -0.481 e. The molecule has 2 rings (SSSR count). The quantitative estimate of drug-likeness (QED) is 0.837. The maximum absolute atomic E-state index is 12.6. The van der Waals surface area contributed by atoms with Gasteiger partial charge in [-0.25, -0.2) is 0 Å². The predicted molar refractivity (Wildman–Crippen MR) is 74.3 cm³/mol. The van der Waals surface area contributed by atoms with Gasteiger partial charge < -0.3 is 14.7 Å². The zero-order chi connectivity index (χ0) is 14.5. The molecule has 2 aliphatic rings. The molecule has 5 nitrogen and oxygen atoms in total. The Morgan fingerprint density at radius 3 is 2.55 bits per heavy atom. The molecule has 0 radical (unpaired) electrons. The fourth-order valence-electron chi connectivity index (χ4n) is 3.31. The number of nitrogens with zero attached hydrogens (tertiary/aromatic N) is 1. The standard InChI is InChI=1S/C15H25NO4/c1-2-16(10-13-7-4-8-20-13)14(17)11-5-3-6-12(9-11)15(18)19/h11-13H,2-10H2,1H3,(H,18,19)/t11-,12+,13+/m1/s1. The number of hydrogen-bond donors (Lipinski definition) is 1. The molecule has 0 bridgehead atoms. The number of hydrogen-bond acceptors (Lipinski definition) is 3. The maximum atomic E-state index is 12.6. The number of carbonyl (C=O) groups excluding carboxylic acids is 1. The third-order valence-corrected chi connectivity index (χ3v) is 4.51. The first-order valence-corrected chi connectivity index (χ1v) is 7.75. The summed E-state index contributed by atoms with van der Waals surface area (Å²) >= 11 is 0. The highest BCUT2D eigenvalue weighted by Crippen LogP contribution is 2.30. The van der Waals surface area contributed by atoms with Crippen LogP contribution in [0.15, 0.2) is 0 Å². The Morgan fingerprint density at radius 2 is 1.95 bits per heavy atom. The molecule has 1 aliphatic heterocycles. The highest BCUT2D eigenvalue weighted by atomic mass is 16.5. The molecule has 1 N–H and O–H groups in total. The normalized spacial score (nSPS) is 30.1. The summed E-state index contributed by atoms with van der Waals surface area (Å²) in [5.74, 6) is -1.11. The van der Waals surface area contributed by atoms with E-state index in [9.17, 15) is 9.59 Å². The van der Waals surface area contributed by atoms with Crippen LogP contribution in [0.25, 0.3) is 0 Å². The first kappa shape index (κ1) is 15.3. The minimum absolute atomic E-state index is 0.119. The molecule has 3 atom stereocenters. The fourth-order valence-corrected chi connectivity index (χ4v) is 3.31. The Bertz CT molecular complexity index is 352. The zero-order valence-electron chi connectivity index (χ0n) is 12.2. The van der Waals surface area contributed by atoms with E-state index in [1.54, 1.807) is 0 Å². The van der Waals surface area contributed by atoms with Crippen molar-refractivity contribution in [1.82, 2.24) is 4.90 Å². The number of likely N-dealkylation sites (N-methyl/N-ethyl adjacent to an activating group) is 1. The summed E-state index contributed by atoms with van der Waals surface area (Å²) in [6.45, 7) is 4.10. The van der Waals surface area contributed by atoms with Crippen molar-refractivity contribution >= 4 is 11.9 Å². The number of carboxylic acid groups (broad SMARTS) is 1. The van der Waals surface area contributed by atoms with Gasteiger partial charge in [-0.1, -0.05) is 6.42 Å². The Kier molecular flexibility index (Phi) is 5.40. The van der Waals surface area contributed by atoms with Crippen molar-refractivity contribution in [3.63, 3.8) is 0 Å². The molecular weight excluding hydrogens is 258 g/mol. The number of amides is 1. The second-order valence-corrected chi connectivity index (χ2v) is 5.91. The molecule has 114 valence electrons. The summed E-state index contributed by atoms with van der Waals surface area (Å²) in [7, 11) is 0.